The normalized spacial score (nSPS) is 24.1. The largest absolute Gasteiger partial charge is 0.349 e. The molecule has 3 nitrogen and oxygen atoms in total. The topological polar surface area (TPSA) is 55.1 Å². The number of carbonyl (C=O) groups is 1. The van der Waals surface area contributed by atoms with Crippen molar-refractivity contribution in [3.05, 3.63) is 35.4 Å². The van der Waals surface area contributed by atoms with Gasteiger partial charge < -0.3 is 11.1 Å². The molecule has 3 rings (SSSR count). The number of fused-ring (bicyclic) bond motifs is 1. The van der Waals surface area contributed by atoms with Crippen LogP contribution in [0.15, 0.2) is 24.3 Å². The second-order valence-electron chi connectivity index (χ2n) is 6.46. The molecule has 1 saturated carbocycles. The van der Waals surface area contributed by atoms with Crippen molar-refractivity contribution in [1.82, 2.24) is 5.32 Å². The van der Waals surface area contributed by atoms with E-state index in [9.17, 15) is 4.79 Å². The summed E-state index contributed by atoms with van der Waals surface area (Å²) in [6.07, 6.45) is 8.10. The number of nitrogens with one attached hydrogen (secondary N) is 1. The summed E-state index contributed by atoms with van der Waals surface area (Å²) in [6.45, 7) is 0. The molecule has 2 aliphatic rings. The van der Waals surface area contributed by atoms with Crippen molar-refractivity contribution < 1.29 is 4.79 Å². The Kier molecular flexibility index (Phi) is 3.79. The van der Waals surface area contributed by atoms with Gasteiger partial charge in [0.2, 0.25) is 5.91 Å². The monoisotopic (exact) mass is 272 g/mol. The fourth-order valence-corrected chi connectivity index (χ4v) is 3.72. The molecule has 1 aromatic carbocycles. The summed E-state index contributed by atoms with van der Waals surface area (Å²) in [7, 11) is 0. The lowest BCUT2D eigenvalue weighted by Gasteiger charge is -2.28. The average molecular weight is 272 g/mol. The highest BCUT2D eigenvalue weighted by molar-refractivity contribution is 5.78. The molecule has 1 aromatic rings. The molecule has 2 aliphatic carbocycles. The van der Waals surface area contributed by atoms with Gasteiger partial charge in [0.1, 0.15) is 0 Å². The molecule has 0 bridgehead atoms. The molecule has 0 aliphatic heterocycles. The predicted molar refractivity (Wildman–Crippen MR) is 80.3 cm³/mol. The Morgan fingerprint density at radius 2 is 2.00 bits per heavy atom. The number of benzene rings is 1. The number of hydrogen-bond acceptors (Lipinski definition) is 2. The molecular weight excluding hydrogens is 248 g/mol. The average Bonchev–Trinajstić information content (AvgIpc) is 2.85. The predicted octanol–water partition coefficient (Wildman–Crippen LogP) is 2.84. The van der Waals surface area contributed by atoms with Crippen LogP contribution in [0.5, 0.6) is 0 Å². The molecule has 1 atom stereocenters. The van der Waals surface area contributed by atoms with Crippen molar-refractivity contribution in [2.24, 2.45) is 5.73 Å². The van der Waals surface area contributed by atoms with Crippen LogP contribution in [0.2, 0.25) is 0 Å². The number of nitrogens with two attached hydrogens (primary N) is 1. The molecule has 20 heavy (non-hydrogen) atoms. The van der Waals surface area contributed by atoms with E-state index in [2.05, 4.69) is 29.6 Å². The molecule has 0 aromatic heterocycles. The molecule has 0 spiro atoms. The minimum atomic E-state index is -0.252. The molecule has 1 fully saturated rings. The van der Waals surface area contributed by atoms with Gasteiger partial charge in [0.15, 0.2) is 0 Å². The zero-order chi connectivity index (χ0) is 14.0. The van der Waals surface area contributed by atoms with Gasteiger partial charge in [-0.15, -0.1) is 0 Å². The van der Waals surface area contributed by atoms with E-state index in [4.69, 9.17) is 5.73 Å². The van der Waals surface area contributed by atoms with Gasteiger partial charge in [0, 0.05) is 12.0 Å². The zero-order valence-electron chi connectivity index (χ0n) is 12.0. The first-order valence-corrected chi connectivity index (χ1v) is 7.82. The first-order chi connectivity index (χ1) is 9.66. The number of amides is 1. The Hall–Kier alpha value is -1.35. The lowest BCUT2D eigenvalue weighted by atomic mass is 9.87. The van der Waals surface area contributed by atoms with E-state index in [1.54, 1.807) is 0 Å². The Bertz CT molecular complexity index is 492. The molecule has 0 heterocycles. The van der Waals surface area contributed by atoms with E-state index < -0.39 is 0 Å². The van der Waals surface area contributed by atoms with Crippen LogP contribution in [0.25, 0.3) is 0 Å². The maximum atomic E-state index is 12.3. The van der Waals surface area contributed by atoms with Crippen molar-refractivity contribution in [3.63, 3.8) is 0 Å². The highest BCUT2D eigenvalue weighted by Crippen LogP contribution is 2.32. The number of rotatable bonds is 3. The smallest absolute Gasteiger partial charge is 0.222 e. The van der Waals surface area contributed by atoms with Crippen LogP contribution in [0.1, 0.15) is 62.1 Å². The summed E-state index contributed by atoms with van der Waals surface area (Å²) in [5.41, 5.74) is 8.72. The first-order valence-electron chi connectivity index (χ1n) is 7.82. The molecule has 3 heteroatoms. The van der Waals surface area contributed by atoms with Crippen molar-refractivity contribution in [2.75, 3.05) is 0 Å². The lowest BCUT2D eigenvalue weighted by Crippen LogP contribution is -2.43. The third-order valence-corrected chi connectivity index (χ3v) is 4.82. The van der Waals surface area contributed by atoms with Crippen LogP contribution in [-0.2, 0) is 11.2 Å². The number of carbonyl (C=O) groups excluding carboxylic acids is 1. The van der Waals surface area contributed by atoms with Crippen LogP contribution < -0.4 is 11.1 Å². The summed E-state index contributed by atoms with van der Waals surface area (Å²) < 4.78 is 0. The van der Waals surface area contributed by atoms with Crippen LogP contribution >= 0.6 is 0 Å². The van der Waals surface area contributed by atoms with Crippen molar-refractivity contribution in [1.29, 1.82) is 0 Å². The Morgan fingerprint density at radius 3 is 2.80 bits per heavy atom. The maximum absolute atomic E-state index is 12.3. The summed E-state index contributed by atoms with van der Waals surface area (Å²) >= 11 is 0. The fourth-order valence-electron chi connectivity index (χ4n) is 3.72. The maximum Gasteiger partial charge on any atom is 0.222 e. The summed E-state index contributed by atoms with van der Waals surface area (Å²) in [6, 6.07) is 8.64. The minimum absolute atomic E-state index is 0.121. The van der Waals surface area contributed by atoms with E-state index in [0.29, 0.717) is 6.42 Å². The fraction of sp³-hybridized carbons (Fsp3) is 0.588. The van der Waals surface area contributed by atoms with Gasteiger partial charge in [0.25, 0.3) is 0 Å². The van der Waals surface area contributed by atoms with Crippen LogP contribution in [0.4, 0.5) is 0 Å². The van der Waals surface area contributed by atoms with Crippen LogP contribution in [0.3, 0.4) is 0 Å². The molecule has 3 N–H and O–H groups in total. The molecule has 0 saturated heterocycles. The van der Waals surface area contributed by atoms with Gasteiger partial charge in [-0.1, -0.05) is 37.1 Å². The highest BCUT2D eigenvalue weighted by atomic mass is 16.1. The standard InChI is InChI=1S/C17H24N2O/c18-17(10-3-4-11-17)12-16(20)19-15-9-5-7-13-6-1-2-8-14(13)15/h1-2,6,8,15H,3-5,7,9-12,18H2,(H,19,20). The summed E-state index contributed by atoms with van der Waals surface area (Å²) in [5, 5.41) is 3.21. The van der Waals surface area contributed by atoms with Crippen molar-refractivity contribution >= 4 is 5.91 Å². The zero-order valence-corrected chi connectivity index (χ0v) is 12.0. The minimum Gasteiger partial charge on any atom is -0.349 e. The Balaban J connectivity index is 1.65. The molecule has 1 amide bonds. The molecule has 1 unspecified atom stereocenters. The first kappa shape index (κ1) is 13.6. The Labute approximate surface area is 120 Å². The van der Waals surface area contributed by atoms with Gasteiger partial charge in [-0.25, -0.2) is 0 Å². The van der Waals surface area contributed by atoms with E-state index in [1.165, 1.54) is 11.1 Å². The highest BCUT2D eigenvalue weighted by Gasteiger charge is 2.32. The van der Waals surface area contributed by atoms with Crippen molar-refractivity contribution in [2.45, 2.75) is 62.9 Å². The van der Waals surface area contributed by atoms with Crippen molar-refractivity contribution in [3.8, 4) is 0 Å². The lowest BCUT2D eigenvalue weighted by molar-refractivity contribution is -0.123. The van der Waals surface area contributed by atoms with Crippen LogP contribution in [0, 0.1) is 0 Å². The van der Waals surface area contributed by atoms with Gasteiger partial charge in [-0.2, -0.15) is 0 Å². The van der Waals surface area contributed by atoms with E-state index >= 15 is 0 Å². The SMILES string of the molecule is NC1(CC(=O)NC2CCCc3ccccc32)CCCC1. The van der Waals surface area contributed by atoms with E-state index in [1.807, 2.05) is 0 Å². The molecular formula is C17H24N2O. The number of hydrogen-bond donors (Lipinski definition) is 2. The molecule has 108 valence electrons. The van der Waals surface area contributed by atoms with Gasteiger partial charge in [0.05, 0.1) is 6.04 Å². The third-order valence-electron chi connectivity index (χ3n) is 4.82. The summed E-state index contributed by atoms with van der Waals surface area (Å²) in [4.78, 5) is 12.3. The van der Waals surface area contributed by atoms with Gasteiger partial charge >= 0.3 is 0 Å². The van der Waals surface area contributed by atoms with E-state index in [0.717, 1.165) is 44.9 Å². The third kappa shape index (κ3) is 2.88. The van der Waals surface area contributed by atoms with Crippen LogP contribution in [-0.4, -0.2) is 11.4 Å². The quantitative estimate of drug-likeness (QED) is 0.889. The van der Waals surface area contributed by atoms with Gasteiger partial charge in [-0.3, -0.25) is 4.79 Å². The molecule has 0 radical (unpaired) electrons. The summed E-state index contributed by atoms with van der Waals surface area (Å²) in [5.74, 6) is 0.121. The Morgan fingerprint density at radius 1 is 1.25 bits per heavy atom. The van der Waals surface area contributed by atoms with E-state index in [-0.39, 0.29) is 17.5 Å². The number of aryl methyl sites for hydroxylation is 1. The van der Waals surface area contributed by atoms with Gasteiger partial charge in [-0.05, 0) is 43.2 Å². The second-order valence-corrected chi connectivity index (χ2v) is 6.46. The second kappa shape index (κ2) is 5.57.